The third kappa shape index (κ3) is 4.42. The van der Waals surface area contributed by atoms with Crippen molar-refractivity contribution in [3.63, 3.8) is 0 Å². The van der Waals surface area contributed by atoms with Gasteiger partial charge in [-0.1, -0.05) is 23.7 Å². The quantitative estimate of drug-likeness (QED) is 0.560. The summed E-state index contributed by atoms with van der Waals surface area (Å²) < 4.78 is 13.2. The number of carbonyl (C=O) groups is 1. The van der Waals surface area contributed by atoms with Gasteiger partial charge in [-0.25, -0.2) is 9.37 Å². The number of nitrogens with one attached hydrogen (secondary N) is 1. The second-order valence-corrected chi connectivity index (χ2v) is 8.85. The summed E-state index contributed by atoms with van der Waals surface area (Å²) in [7, 11) is 0. The maximum Gasteiger partial charge on any atom is 0.225 e. The van der Waals surface area contributed by atoms with Crippen molar-refractivity contribution in [3.8, 4) is 11.3 Å². The molecule has 1 aliphatic carbocycles. The van der Waals surface area contributed by atoms with E-state index in [0.29, 0.717) is 10.9 Å². The number of hydrogen-bond donors (Lipinski definition) is 1. The van der Waals surface area contributed by atoms with Crippen LogP contribution in [0.2, 0.25) is 5.02 Å². The minimum absolute atomic E-state index is 0.00746. The Hall–Kier alpha value is -2.24. The smallest absolute Gasteiger partial charge is 0.225 e. The Labute approximate surface area is 172 Å². The van der Waals surface area contributed by atoms with E-state index in [1.807, 2.05) is 31.2 Å². The average molecular weight is 415 g/mol. The minimum Gasteiger partial charge on any atom is -0.349 e. The summed E-state index contributed by atoms with van der Waals surface area (Å²) in [5, 5.41) is 4.77. The summed E-state index contributed by atoms with van der Waals surface area (Å²) in [5.41, 5.74) is 2.66. The molecule has 1 aromatic heterocycles. The summed E-state index contributed by atoms with van der Waals surface area (Å²) in [6, 6.07) is 13.9. The number of halogens is 2. The fourth-order valence-corrected chi connectivity index (χ4v) is 4.45. The van der Waals surface area contributed by atoms with E-state index in [2.05, 4.69) is 10.3 Å². The van der Waals surface area contributed by atoms with Gasteiger partial charge in [0.1, 0.15) is 5.82 Å². The molecular weight excluding hydrogens is 395 g/mol. The Bertz CT molecular complexity index is 981. The molecule has 28 heavy (non-hydrogen) atoms. The van der Waals surface area contributed by atoms with Crippen LogP contribution in [-0.4, -0.2) is 10.9 Å². The van der Waals surface area contributed by atoms with Crippen molar-refractivity contribution >= 4 is 28.8 Å². The van der Waals surface area contributed by atoms with Crippen LogP contribution >= 0.6 is 22.9 Å². The van der Waals surface area contributed by atoms with Crippen molar-refractivity contribution in [3.05, 3.63) is 74.8 Å². The summed E-state index contributed by atoms with van der Waals surface area (Å²) in [5.74, 6) is 0.161. The van der Waals surface area contributed by atoms with Crippen molar-refractivity contribution in [1.29, 1.82) is 0 Å². The number of aromatic nitrogens is 1. The van der Waals surface area contributed by atoms with Gasteiger partial charge in [-0.3, -0.25) is 4.79 Å². The third-order valence-corrected chi connectivity index (χ3v) is 6.10. The second kappa shape index (κ2) is 8.02. The number of thiazole rings is 1. The predicted molar refractivity (Wildman–Crippen MR) is 111 cm³/mol. The van der Waals surface area contributed by atoms with Crippen LogP contribution in [-0.2, 0) is 11.2 Å². The lowest BCUT2D eigenvalue weighted by atomic mass is 10.0. The molecule has 3 nitrogen and oxygen atoms in total. The molecule has 1 N–H and O–H groups in total. The van der Waals surface area contributed by atoms with Gasteiger partial charge in [0.2, 0.25) is 5.91 Å². The van der Waals surface area contributed by atoms with Crippen LogP contribution in [0.4, 0.5) is 4.39 Å². The van der Waals surface area contributed by atoms with E-state index in [0.717, 1.165) is 39.5 Å². The average Bonchev–Trinajstić information content (AvgIpc) is 3.45. The Morgan fingerprint density at radius 3 is 2.54 bits per heavy atom. The van der Waals surface area contributed by atoms with Gasteiger partial charge < -0.3 is 5.32 Å². The van der Waals surface area contributed by atoms with Crippen LogP contribution in [0.25, 0.3) is 11.3 Å². The molecule has 144 valence electrons. The van der Waals surface area contributed by atoms with Gasteiger partial charge in [0.05, 0.1) is 23.2 Å². The molecular formula is C22H20ClFN2OS. The standard InChI is InChI=1S/C22H20ClFN2OS/c1-13-25-22(16-6-10-18(24)11-7-16)19(28-13)12-20(27)26-21(14-2-3-14)15-4-8-17(23)9-5-15/h4-11,14,21H,2-3,12H2,1H3,(H,26,27)/t21-/m1/s1. The first kappa shape index (κ1) is 19.1. The molecule has 1 amide bonds. The van der Waals surface area contributed by atoms with Gasteiger partial charge in [-0.15, -0.1) is 11.3 Å². The summed E-state index contributed by atoms with van der Waals surface area (Å²) in [4.78, 5) is 18.3. The number of hydrogen-bond acceptors (Lipinski definition) is 3. The highest BCUT2D eigenvalue weighted by Crippen LogP contribution is 2.41. The highest BCUT2D eigenvalue weighted by Gasteiger charge is 2.33. The van der Waals surface area contributed by atoms with E-state index in [4.69, 9.17) is 11.6 Å². The Kier molecular flexibility index (Phi) is 5.47. The normalized spacial score (nSPS) is 14.7. The molecule has 0 radical (unpaired) electrons. The van der Waals surface area contributed by atoms with E-state index in [1.165, 1.54) is 23.5 Å². The van der Waals surface area contributed by atoms with Crippen molar-refractivity contribution in [2.45, 2.75) is 32.2 Å². The van der Waals surface area contributed by atoms with Gasteiger partial charge in [0.15, 0.2) is 0 Å². The van der Waals surface area contributed by atoms with E-state index < -0.39 is 0 Å². The number of aryl methyl sites for hydroxylation is 1. The molecule has 0 bridgehead atoms. The Morgan fingerprint density at radius 1 is 1.21 bits per heavy atom. The molecule has 0 saturated heterocycles. The summed E-state index contributed by atoms with van der Waals surface area (Å²) in [6.07, 6.45) is 2.50. The maximum absolute atomic E-state index is 13.2. The highest BCUT2D eigenvalue weighted by molar-refractivity contribution is 7.12. The summed E-state index contributed by atoms with van der Waals surface area (Å²) in [6.45, 7) is 1.92. The van der Waals surface area contributed by atoms with Crippen molar-refractivity contribution in [2.75, 3.05) is 0 Å². The highest BCUT2D eigenvalue weighted by atomic mass is 35.5. The largest absolute Gasteiger partial charge is 0.349 e. The number of carbonyl (C=O) groups excluding carboxylic acids is 1. The molecule has 1 saturated carbocycles. The molecule has 1 fully saturated rings. The van der Waals surface area contributed by atoms with Crippen LogP contribution < -0.4 is 5.32 Å². The van der Waals surface area contributed by atoms with Crippen LogP contribution in [0.1, 0.15) is 34.3 Å². The van der Waals surface area contributed by atoms with Gasteiger partial charge in [0, 0.05) is 15.5 Å². The Morgan fingerprint density at radius 2 is 1.89 bits per heavy atom. The zero-order chi connectivity index (χ0) is 19.7. The zero-order valence-corrected chi connectivity index (χ0v) is 17.0. The predicted octanol–water partition coefficient (Wildman–Crippen LogP) is 5.72. The molecule has 1 heterocycles. The molecule has 4 rings (SSSR count). The molecule has 0 aliphatic heterocycles. The van der Waals surface area contributed by atoms with Gasteiger partial charge in [-0.2, -0.15) is 0 Å². The van der Waals surface area contributed by atoms with Crippen molar-refractivity contribution in [1.82, 2.24) is 10.3 Å². The molecule has 1 aliphatic rings. The van der Waals surface area contributed by atoms with Gasteiger partial charge in [-0.05, 0) is 67.6 Å². The lowest BCUT2D eigenvalue weighted by molar-refractivity contribution is -0.121. The lowest BCUT2D eigenvalue weighted by Crippen LogP contribution is -2.31. The first-order valence-corrected chi connectivity index (χ1v) is 10.5. The first-order chi connectivity index (χ1) is 13.5. The van der Waals surface area contributed by atoms with Gasteiger partial charge >= 0.3 is 0 Å². The van der Waals surface area contributed by atoms with E-state index in [1.54, 1.807) is 12.1 Å². The molecule has 6 heteroatoms. The molecule has 0 unspecified atom stereocenters. The topological polar surface area (TPSA) is 42.0 Å². The molecule has 3 aromatic rings. The van der Waals surface area contributed by atoms with Crippen LogP contribution in [0.15, 0.2) is 48.5 Å². The monoisotopic (exact) mass is 414 g/mol. The molecule has 1 atom stereocenters. The second-order valence-electron chi connectivity index (χ2n) is 7.12. The fraction of sp³-hybridized carbons (Fsp3) is 0.273. The van der Waals surface area contributed by atoms with Crippen molar-refractivity contribution in [2.24, 2.45) is 5.92 Å². The van der Waals surface area contributed by atoms with E-state index >= 15 is 0 Å². The van der Waals surface area contributed by atoms with Crippen LogP contribution in [0.3, 0.4) is 0 Å². The Balaban J connectivity index is 1.52. The lowest BCUT2D eigenvalue weighted by Gasteiger charge is -2.19. The number of rotatable bonds is 6. The zero-order valence-electron chi connectivity index (χ0n) is 15.4. The van der Waals surface area contributed by atoms with E-state index in [-0.39, 0.29) is 24.2 Å². The SMILES string of the molecule is Cc1nc(-c2ccc(F)cc2)c(CC(=O)N[C@@H](c2ccc(Cl)cc2)C2CC2)s1. The van der Waals surface area contributed by atoms with Crippen molar-refractivity contribution < 1.29 is 9.18 Å². The number of nitrogens with zero attached hydrogens (tertiary/aromatic N) is 1. The van der Waals surface area contributed by atoms with Crippen LogP contribution in [0.5, 0.6) is 0 Å². The van der Waals surface area contributed by atoms with Crippen LogP contribution in [0, 0.1) is 18.7 Å². The molecule has 2 aromatic carbocycles. The first-order valence-electron chi connectivity index (χ1n) is 9.26. The van der Waals surface area contributed by atoms with E-state index in [9.17, 15) is 9.18 Å². The maximum atomic E-state index is 13.2. The number of amides is 1. The third-order valence-electron chi connectivity index (χ3n) is 4.88. The minimum atomic E-state index is -0.287. The summed E-state index contributed by atoms with van der Waals surface area (Å²) >= 11 is 7.50. The molecule has 0 spiro atoms. The fourth-order valence-electron chi connectivity index (χ4n) is 3.37. The van der Waals surface area contributed by atoms with Gasteiger partial charge in [0.25, 0.3) is 0 Å². The number of benzene rings is 2.